The van der Waals surface area contributed by atoms with E-state index in [4.69, 9.17) is 0 Å². The van der Waals surface area contributed by atoms with Crippen LogP contribution in [0.5, 0.6) is 0 Å². The van der Waals surface area contributed by atoms with Gasteiger partial charge in [0.05, 0.1) is 0 Å². The minimum absolute atomic E-state index is 0.0897. The van der Waals surface area contributed by atoms with Gasteiger partial charge in [-0.3, -0.25) is 4.79 Å². The van der Waals surface area contributed by atoms with Crippen molar-refractivity contribution in [2.45, 2.75) is 38.8 Å². The highest BCUT2D eigenvalue weighted by molar-refractivity contribution is 7.86. The molecule has 1 atom stereocenters. The number of nitrogens with one attached hydrogen (secondary N) is 1. The molecule has 23 heavy (non-hydrogen) atoms. The molecule has 1 N–H and O–H groups in total. The molecule has 1 saturated heterocycles. The Morgan fingerprint density at radius 2 is 1.91 bits per heavy atom. The molecule has 1 aromatic carbocycles. The van der Waals surface area contributed by atoms with Crippen LogP contribution in [0.25, 0.3) is 0 Å². The van der Waals surface area contributed by atoms with Crippen molar-refractivity contribution < 1.29 is 13.2 Å². The zero-order chi connectivity index (χ0) is 16.4. The lowest BCUT2D eigenvalue weighted by Gasteiger charge is -2.37. The van der Waals surface area contributed by atoms with E-state index in [9.17, 15) is 13.2 Å². The number of hydrogen-bond donors (Lipinski definition) is 1. The van der Waals surface area contributed by atoms with Gasteiger partial charge in [-0.05, 0) is 30.4 Å². The van der Waals surface area contributed by atoms with E-state index in [2.05, 4.69) is 11.4 Å². The Hall–Kier alpha value is -1.44. The molecule has 1 fully saturated rings. The van der Waals surface area contributed by atoms with E-state index in [1.165, 1.54) is 16.8 Å². The fourth-order valence-corrected chi connectivity index (χ4v) is 5.07. The van der Waals surface area contributed by atoms with Gasteiger partial charge >= 0.3 is 0 Å². The summed E-state index contributed by atoms with van der Waals surface area (Å²) in [6.45, 7) is 3.30. The van der Waals surface area contributed by atoms with Gasteiger partial charge in [-0.1, -0.05) is 24.3 Å². The lowest BCUT2D eigenvalue weighted by Crippen LogP contribution is -2.53. The summed E-state index contributed by atoms with van der Waals surface area (Å²) in [5.41, 5.74) is 2.31. The summed E-state index contributed by atoms with van der Waals surface area (Å²) < 4.78 is 28.9. The second-order valence-electron chi connectivity index (χ2n) is 6.26. The van der Waals surface area contributed by atoms with Crippen molar-refractivity contribution in [3.8, 4) is 0 Å². The topological polar surface area (TPSA) is 69.7 Å². The Kier molecular flexibility index (Phi) is 4.70. The van der Waals surface area contributed by atoms with E-state index in [0.29, 0.717) is 26.2 Å². The van der Waals surface area contributed by atoms with E-state index in [-0.39, 0.29) is 11.9 Å². The Balaban J connectivity index is 1.73. The van der Waals surface area contributed by atoms with Crippen LogP contribution in [-0.2, 0) is 28.0 Å². The average molecular weight is 337 g/mol. The monoisotopic (exact) mass is 337 g/mol. The van der Waals surface area contributed by atoms with Crippen molar-refractivity contribution in [2.24, 2.45) is 0 Å². The molecule has 0 aliphatic carbocycles. The number of carbonyl (C=O) groups is 1. The van der Waals surface area contributed by atoms with Crippen molar-refractivity contribution in [3.05, 3.63) is 35.4 Å². The van der Waals surface area contributed by atoms with E-state index in [0.717, 1.165) is 24.8 Å². The number of fused-ring (bicyclic) bond motifs is 1. The maximum atomic E-state index is 12.9. The SMILES string of the molecule is CC(=O)N[C@H]1CCCN(S(=O)(=O)N2CCc3ccccc3C2)C1. The minimum atomic E-state index is -3.48. The third-order valence-corrected chi connectivity index (χ3v) is 6.49. The van der Waals surface area contributed by atoms with Gasteiger partial charge in [-0.15, -0.1) is 0 Å². The lowest BCUT2D eigenvalue weighted by molar-refractivity contribution is -0.119. The molecule has 6 nitrogen and oxygen atoms in total. The molecule has 0 bridgehead atoms. The summed E-state index contributed by atoms with van der Waals surface area (Å²) >= 11 is 0. The van der Waals surface area contributed by atoms with E-state index in [1.54, 1.807) is 4.31 Å². The minimum Gasteiger partial charge on any atom is -0.352 e. The molecule has 1 amide bonds. The van der Waals surface area contributed by atoms with Gasteiger partial charge in [0, 0.05) is 39.1 Å². The van der Waals surface area contributed by atoms with Crippen LogP contribution in [0.3, 0.4) is 0 Å². The van der Waals surface area contributed by atoms with Crippen LogP contribution in [0.4, 0.5) is 0 Å². The van der Waals surface area contributed by atoms with Gasteiger partial charge in [0.1, 0.15) is 0 Å². The van der Waals surface area contributed by atoms with Gasteiger partial charge in [-0.2, -0.15) is 17.0 Å². The highest BCUT2D eigenvalue weighted by Crippen LogP contribution is 2.24. The summed E-state index contributed by atoms with van der Waals surface area (Å²) in [5.74, 6) is -0.110. The number of amides is 1. The van der Waals surface area contributed by atoms with E-state index in [1.807, 2.05) is 18.2 Å². The summed E-state index contributed by atoms with van der Waals surface area (Å²) in [4.78, 5) is 11.2. The quantitative estimate of drug-likeness (QED) is 0.890. The highest BCUT2D eigenvalue weighted by atomic mass is 32.2. The van der Waals surface area contributed by atoms with Crippen molar-refractivity contribution in [3.63, 3.8) is 0 Å². The fraction of sp³-hybridized carbons (Fsp3) is 0.562. The molecule has 126 valence electrons. The Bertz CT molecular complexity index is 690. The van der Waals surface area contributed by atoms with Gasteiger partial charge in [0.2, 0.25) is 5.91 Å². The molecular formula is C16H23N3O3S. The van der Waals surface area contributed by atoms with Crippen LogP contribution in [-0.4, -0.2) is 48.6 Å². The molecule has 1 aromatic rings. The Labute approximate surface area is 137 Å². The van der Waals surface area contributed by atoms with Crippen LogP contribution >= 0.6 is 0 Å². The van der Waals surface area contributed by atoms with Crippen molar-refractivity contribution in [1.82, 2.24) is 13.9 Å². The first-order chi connectivity index (χ1) is 11.0. The highest BCUT2D eigenvalue weighted by Gasteiger charge is 2.35. The van der Waals surface area contributed by atoms with Crippen molar-refractivity contribution in [1.29, 1.82) is 0 Å². The first-order valence-corrected chi connectivity index (χ1v) is 9.45. The Morgan fingerprint density at radius 3 is 2.65 bits per heavy atom. The lowest BCUT2D eigenvalue weighted by atomic mass is 10.0. The molecule has 2 aliphatic heterocycles. The van der Waals surface area contributed by atoms with Crippen molar-refractivity contribution >= 4 is 16.1 Å². The number of piperidine rings is 1. The standard InChI is InChI=1S/C16H23N3O3S/c1-13(20)17-16-7-4-9-18(12-16)23(21,22)19-10-8-14-5-2-3-6-15(14)11-19/h2-3,5-6,16H,4,7-12H2,1H3,(H,17,20)/t16-/m0/s1. The normalized spacial score (nSPS) is 23.3. The zero-order valence-corrected chi connectivity index (χ0v) is 14.2. The van der Waals surface area contributed by atoms with E-state index >= 15 is 0 Å². The molecule has 0 unspecified atom stereocenters. The molecule has 0 radical (unpaired) electrons. The first-order valence-electron chi connectivity index (χ1n) is 8.06. The molecule has 0 saturated carbocycles. The average Bonchev–Trinajstić information content (AvgIpc) is 2.54. The number of rotatable bonds is 3. The van der Waals surface area contributed by atoms with Gasteiger partial charge < -0.3 is 5.32 Å². The van der Waals surface area contributed by atoms with Crippen molar-refractivity contribution in [2.75, 3.05) is 19.6 Å². The molecule has 2 aliphatic rings. The second kappa shape index (κ2) is 6.59. The third kappa shape index (κ3) is 3.57. The van der Waals surface area contributed by atoms with E-state index < -0.39 is 10.2 Å². The molecule has 7 heteroatoms. The molecular weight excluding hydrogens is 314 g/mol. The first kappa shape index (κ1) is 16.4. The third-order valence-electron chi connectivity index (χ3n) is 4.54. The maximum absolute atomic E-state index is 12.9. The van der Waals surface area contributed by atoms with Crippen LogP contribution < -0.4 is 5.32 Å². The number of carbonyl (C=O) groups excluding carboxylic acids is 1. The van der Waals surface area contributed by atoms with Crippen LogP contribution in [0, 0.1) is 0 Å². The zero-order valence-electron chi connectivity index (χ0n) is 13.4. The fourth-order valence-electron chi connectivity index (χ4n) is 3.39. The van der Waals surface area contributed by atoms with Crippen LogP contribution in [0.2, 0.25) is 0 Å². The number of hydrogen-bond acceptors (Lipinski definition) is 3. The molecule has 0 aromatic heterocycles. The summed E-state index contributed by atoms with van der Waals surface area (Å²) in [7, 11) is -3.48. The molecule has 0 spiro atoms. The number of nitrogens with zero attached hydrogens (tertiary/aromatic N) is 2. The summed E-state index contributed by atoms with van der Waals surface area (Å²) in [6.07, 6.45) is 2.35. The maximum Gasteiger partial charge on any atom is 0.282 e. The predicted molar refractivity (Wildman–Crippen MR) is 87.9 cm³/mol. The van der Waals surface area contributed by atoms with Gasteiger partial charge in [0.25, 0.3) is 10.2 Å². The largest absolute Gasteiger partial charge is 0.352 e. The van der Waals surface area contributed by atoms with Crippen LogP contribution in [0.15, 0.2) is 24.3 Å². The number of benzene rings is 1. The summed E-state index contributed by atoms with van der Waals surface area (Å²) in [5, 5.41) is 2.84. The second-order valence-corrected chi connectivity index (χ2v) is 8.19. The molecule has 2 heterocycles. The summed E-state index contributed by atoms with van der Waals surface area (Å²) in [6, 6.07) is 7.90. The van der Waals surface area contributed by atoms with Gasteiger partial charge in [-0.25, -0.2) is 0 Å². The van der Waals surface area contributed by atoms with Crippen LogP contribution in [0.1, 0.15) is 30.9 Å². The predicted octanol–water partition coefficient (Wildman–Crippen LogP) is 0.890. The molecule has 3 rings (SSSR count). The smallest absolute Gasteiger partial charge is 0.282 e. The Morgan fingerprint density at radius 1 is 1.17 bits per heavy atom. The van der Waals surface area contributed by atoms with Gasteiger partial charge in [0.15, 0.2) is 0 Å².